The number of hydrogen-bond acceptors (Lipinski definition) is 6. The van der Waals surface area contributed by atoms with Gasteiger partial charge in [-0.1, -0.05) is 12.1 Å². The van der Waals surface area contributed by atoms with E-state index < -0.39 is 20.9 Å². The fourth-order valence-corrected chi connectivity index (χ4v) is 3.57. The van der Waals surface area contributed by atoms with Crippen molar-refractivity contribution in [3.05, 3.63) is 69.8 Å². The van der Waals surface area contributed by atoms with Crippen molar-refractivity contribution in [2.45, 2.75) is 4.90 Å². The Morgan fingerprint density at radius 1 is 1.16 bits per heavy atom. The highest BCUT2D eigenvalue weighted by Crippen LogP contribution is 2.26. The van der Waals surface area contributed by atoms with Gasteiger partial charge in [-0.05, 0) is 24.3 Å². The summed E-state index contributed by atoms with van der Waals surface area (Å²) in [5.74, 6) is -0.465. The van der Waals surface area contributed by atoms with Crippen LogP contribution >= 0.6 is 0 Å². The van der Waals surface area contributed by atoms with Crippen LogP contribution in [-0.4, -0.2) is 37.1 Å². The number of non-ortho nitro benzene ring substituents is 1. The lowest BCUT2D eigenvalue weighted by atomic mass is 10.2. The van der Waals surface area contributed by atoms with Crippen LogP contribution in [0.2, 0.25) is 0 Å². The summed E-state index contributed by atoms with van der Waals surface area (Å²) in [5.41, 5.74) is 2.93. The predicted molar refractivity (Wildman–Crippen MR) is 88.5 cm³/mol. The minimum atomic E-state index is -3.80. The van der Waals surface area contributed by atoms with Gasteiger partial charge in [-0.2, -0.15) is 8.42 Å². The second-order valence-electron chi connectivity index (χ2n) is 5.19. The lowest BCUT2D eigenvalue weighted by Gasteiger charge is -2.19. The zero-order valence-electron chi connectivity index (χ0n) is 12.9. The molecule has 1 N–H and O–H groups in total. The van der Waals surface area contributed by atoms with Gasteiger partial charge < -0.3 is 0 Å². The van der Waals surface area contributed by atoms with E-state index in [0.29, 0.717) is 5.56 Å². The number of carbonyl (C=O) groups is 1. The average Bonchev–Trinajstić information content (AvgIpc) is 2.87. The molecule has 1 aliphatic rings. The van der Waals surface area contributed by atoms with Crippen LogP contribution in [0.15, 0.2) is 57.8 Å². The Kier molecular flexibility index (Phi) is 3.97. The molecule has 0 spiro atoms. The number of carbonyl (C=O) groups excluding carboxylic acids is 1. The van der Waals surface area contributed by atoms with E-state index in [1.54, 1.807) is 18.2 Å². The van der Waals surface area contributed by atoms with Gasteiger partial charge in [0.15, 0.2) is 5.84 Å². The first kappa shape index (κ1) is 16.6. The summed E-state index contributed by atoms with van der Waals surface area (Å²) >= 11 is 0. The molecule has 0 saturated heterocycles. The highest BCUT2D eigenvalue weighted by Gasteiger charge is 2.31. The van der Waals surface area contributed by atoms with Gasteiger partial charge in [-0.15, -0.1) is 4.40 Å². The molecule has 0 atom stereocenters. The smallest absolute Gasteiger partial charge is 0.270 e. The Labute approximate surface area is 142 Å². The quantitative estimate of drug-likeness (QED) is 0.637. The third-order valence-corrected chi connectivity index (χ3v) is 4.86. The van der Waals surface area contributed by atoms with Crippen LogP contribution in [0.25, 0.3) is 0 Å². The molecule has 1 aliphatic heterocycles. The number of amidine groups is 1. The summed E-state index contributed by atoms with van der Waals surface area (Å²) in [6, 6.07) is 11.3. The van der Waals surface area contributed by atoms with Crippen LogP contribution < -0.4 is 5.43 Å². The number of nitrogens with one attached hydrogen (secondary N) is 1. The maximum atomic E-state index is 12.2. The summed E-state index contributed by atoms with van der Waals surface area (Å²) < 4.78 is 27.8. The van der Waals surface area contributed by atoms with Crippen LogP contribution in [0, 0.1) is 10.1 Å². The second kappa shape index (κ2) is 5.98. The highest BCUT2D eigenvalue weighted by molar-refractivity contribution is 7.90. The van der Waals surface area contributed by atoms with Crippen LogP contribution in [0.4, 0.5) is 5.69 Å². The van der Waals surface area contributed by atoms with Gasteiger partial charge in [0, 0.05) is 30.3 Å². The number of rotatable bonds is 2. The summed E-state index contributed by atoms with van der Waals surface area (Å²) in [4.78, 5) is 22.4. The molecule has 0 radical (unpaired) electrons. The van der Waals surface area contributed by atoms with E-state index in [9.17, 15) is 23.3 Å². The molecule has 1 amide bonds. The van der Waals surface area contributed by atoms with Crippen molar-refractivity contribution in [3.8, 4) is 0 Å². The number of sulfonamides is 1. The molecule has 2 aromatic rings. The molecule has 3 rings (SSSR count). The predicted octanol–water partition coefficient (Wildman–Crippen LogP) is 1.32. The zero-order chi connectivity index (χ0) is 18.2. The van der Waals surface area contributed by atoms with E-state index in [0.717, 1.165) is 0 Å². The minimum Gasteiger partial charge on any atom is -0.270 e. The van der Waals surface area contributed by atoms with Crippen LogP contribution in [0.3, 0.4) is 0 Å². The Hall–Kier alpha value is -3.27. The Bertz CT molecular complexity index is 999. The van der Waals surface area contributed by atoms with Crippen molar-refractivity contribution in [1.29, 1.82) is 0 Å². The maximum absolute atomic E-state index is 12.2. The van der Waals surface area contributed by atoms with Crippen LogP contribution in [0.1, 0.15) is 15.9 Å². The zero-order valence-corrected chi connectivity index (χ0v) is 13.7. The molecule has 10 heteroatoms. The fraction of sp³-hybridized carbons (Fsp3) is 0.0667. The average molecular weight is 360 g/mol. The molecule has 25 heavy (non-hydrogen) atoms. The SMILES string of the molecule is CN(NC(=O)c1ccc([N+](=O)[O-])cc1)C1=NS(=O)(=O)c2ccccc21. The standard InChI is InChI=1S/C15H12N4O5S/c1-18(14-12-4-2-3-5-13(12)25(23,24)17-14)16-15(20)10-6-8-11(9-7-10)19(21)22/h2-9H,1H3,(H,16,20). The van der Waals surface area contributed by atoms with Crippen LogP contribution in [-0.2, 0) is 10.0 Å². The Balaban J connectivity index is 1.82. The molecular weight excluding hydrogens is 348 g/mol. The summed E-state index contributed by atoms with van der Waals surface area (Å²) in [7, 11) is -2.34. The molecule has 0 aliphatic carbocycles. The first-order chi connectivity index (χ1) is 11.8. The van der Waals surface area contributed by atoms with Crippen molar-refractivity contribution >= 4 is 27.5 Å². The lowest BCUT2D eigenvalue weighted by molar-refractivity contribution is -0.384. The number of nitro benzene ring substituents is 1. The van der Waals surface area contributed by atoms with Crippen molar-refractivity contribution in [2.75, 3.05) is 7.05 Å². The molecule has 1 heterocycles. The molecule has 0 bridgehead atoms. The minimum absolute atomic E-state index is 0.0708. The van der Waals surface area contributed by atoms with E-state index in [1.165, 1.54) is 42.4 Å². The molecule has 0 aromatic heterocycles. The number of hydrogen-bond donors (Lipinski definition) is 1. The molecule has 128 valence electrons. The number of amides is 1. The third kappa shape index (κ3) is 3.06. The maximum Gasteiger partial charge on any atom is 0.285 e. The third-order valence-electron chi connectivity index (χ3n) is 3.54. The number of hydrazine groups is 1. The van der Waals surface area contributed by atoms with E-state index >= 15 is 0 Å². The monoisotopic (exact) mass is 360 g/mol. The highest BCUT2D eigenvalue weighted by atomic mass is 32.2. The van der Waals surface area contributed by atoms with Gasteiger partial charge >= 0.3 is 0 Å². The molecule has 0 saturated carbocycles. The first-order valence-electron chi connectivity index (χ1n) is 7.03. The number of nitro groups is 1. The van der Waals surface area contributed by atoms with Gasteiger partial charge in [0.2, 0.25) is 0 Å². The van der Waals surface area contributed by atoms with Crippen molar-refractivity contribution in [1.82, 2.24) is 10.4 Å². The second-order valence-corrected chi connectivity index (χ2v) is 6.76. The topological polar surface area (TPSA) is 122 Å². The molecule has 9 nitrogen and oxygen atoms in total. The molecule has 0 fully saturated rings. The van der Waals surface area contributed by atoms with Gasteiger partial charge in [-0.3, -0.25) is 25.3 Å². The molecular formula is C15H12N4O5S. The van der Waals surface area contributed by atoms with E-state index in [-0.39, 0.29) is 22.0 Å². The molecule has 0 unspecified atom stereocenters. The largest absolute Gasteiger partial charge is 0.285 e. The number of fused-ring (bicyclic) bond motifs is 1. The fourth-order valence-electron chi connectivity index (χ4n) is 2.33. The summed E-state index contributed by atoms with van der Waals surface area (Å²) in [5, 5.41) is 11.8. The van der Waals surface area contributed by atoms with Gasteiger partial charge in [0.05, 0.1) is 4.92 Å². The Morgan fingerprint density at radius 2 is 1.80 bits per heavy atom. The van der Waals surface area contributed by atoms with Crippen LogP contribution in [0.5, 0.6) is 0 Å². The number of benzene rings is 2. The normalized spacial score (nSPS) is 14.4. The van der Waals surface area contributed by atoms with E-state index in [1.807, 2.05) is 0 Å². The summed E-state index contributed by atoms with van der Waals surface area (Å²) in [6.07, 6.45) is 0. The van der Waals surface area contributed by atoms with Crippen molar-refractivity contribution in [3.63, 3.8) is 0 Å². The van der Waals surface area contributed by atoms with Gasteiger partial charge in [-0.25, -0.2) is 0 Å². The van der Waals surface area contributed by atoms with Gasteiger partial charge in [0.25, 0.3) is 21.6 Å². The Morgan fingerprint density at radius 3 is 2.44 bits per heavy atom. The van der Waals surface area contributed by atoms with Gasteiger partial charge in [0.1, 0.15) is 4.90 Å². The van der Waals surface area contributed by atoms with Crippen molar-refractivity contribution < 1.29 is 18.1 Å². The lowest BCUT2D eigenvalue weighted by Crippen LogP contribution is -2.43. The summed E-state index contributed by atoms with van der Waals surface area (Å²) in [6.45, 7) is 0. The van der Waals surface area contributed by atoms with Crippen molar-refractivity contribution in [2.24, 2.45) is 4.40 Å². The first-order valence-corrected chi connectivity index (χ1v) is 8.47. The van der Waals surface area contributed by atoms with E-state index in [4.69, 9.17) is 0 Å². The van der Waals surface area contributed by atoms with E-state index in [2.05, 4.69) is 9.82 Å². The molecule has 2 aromatic carbocycles. The number of nitrogens with zero attached hydrogens (tertiary/aromatic N) is 3.